The van der Waals surface area contributed by atoms with Gasteiger partial charge >= 0.3 is 0 Å². The van der Waals surface area contributed by atoms with E-state index in [1.54, 1.807) is 12.1 Å². The van der Waals surface area contributed by atoms with E-state index < -0.39 is 0 Å². The second kappa shape index (κ2) is 8.98. The first-order valence-corrected chi connectivity index (χ1v) is 9.14. The van der Waals surface area contributed by atoms with Gasteiger partial charge in [0.1, 0.15) is 0 Å². The van der Waals surface area contributed by atoms with Crippen LogP contribution in [0.3, 0.4) is 0 Å². The predicted molar refractivity (Wildman–Crippen MR) is 109 cm³/mol. The third kappa shape index (κ3) is 4.73. The van der Waals surface area contributed by atoms with Crippen molar-refractivity contribution in [1.82, 2.24) is 15.6 Å². The third-order valence-electron chi connectivity index (χ3n) is 4.37. The van der Waals surface area contributed by atoms with Gasteiger partial charge in [-0.2, -0.15) is 0 Å². The van der Waals surface area contributed by atoms with Crippen LogP contribution in [0.1, 0.15) is 18.1 Å². The number of phenolic OH excluding ortho intramolecular Hbond substituents is 1. The number of fused-ring (bicyclic) bond motifs is 1. The molecule has 0 unspecified atom stereocenters. The van der Waals surface area contributed by atoms with E-state index in [0.29, 0.717) is 12.3 Å². The molecule has 0 bridgehead atoms. The quantitative estimate of drug-likeness (QED) is 0.382. The van der Waals surface area contributed by atoms with Crippen LogP contribution in [0.5, 0.6) is 11.5 Å². The normalized spacial score (nSPS) is 11.6. The molecule has 0 atom stereocenters. The Labute approximate surface area is 159 Å². The third-order valence-corrected chi connectivity index (χ3v) is 4.37. The molecule has 0 amide bonds. The molecule has 0 fully saturated rings. The number of ether oxygens (including phenoxy) is 1. The van der Waals surface area contributed by atoms with Crippen LogP contribution < -0.4 is 15.4 Å². The maximum absolute atomic E-state index is 9.89. The zero-order valence-electron chi connectivity index (χ0n) is 15.7. The van der Waals surface area contributed by atoms with Gasteiger partial charge in [0.2, 0.25) is 0 Å². The van der Waals surface area contributed by atoms with E-state index in [1.807, 2.05) is 19.1 Å². The Morgan fingerprint density at radius 3 is 2.81 bits per heavy atom. The van der Waals surface area contributed by atoms with Crippen LogP contribution in [0.2, 0.25) is 0 Å². The van der Waals surface area contributed by atoms with E-state index in [0.717, 1.165) is 36.6 Å². The Balaban J connectivity index is 1.59. The summed E-state index contributed by atoms with van der Waals surface area (Å²) in [6.45, 7) is 4.07. The minimum Gasteiger partial charge on any atom is -0.504 e. The van der Waals surface area contributed by atoms with E-state index in [4.69, 9.17) is 4.74 Å². The molecule has 1 aromatic heterocycles. The van der Waals surface area contributed by atoms with Crippen molar-refractivity contribution in [2.75, 3.05) is 20.2 Å². The summed E-state index contributed by atoms with van der Waals surface area (Å²) in [7, 11) is 1.54. The Kier molecular flexibility index (Phi) is 6.20. The fourth-order valence-electron chi connectivity index (χ4n) is 3.00. The second-order valence-electron chi connectivity index (χ2n) is 6.24. The van der Waals surface area contributed by atoms with Crippen molar-refractivity contribution >= 4 is 16.9 Å². The largest absolute Gasteiger partial charge is 0.504 e. The fraction of sp³-hybridized carbons (Fsp3) is 0.286. The number of aliphatic imine (C=N–C) groups is 1. The van der Waals surface area contributed by atoms with E-state index in [9.17, 15) is 5.11 Å². The predicted octanol–water partition coefficient (Wildman–Crippen LogP) is 3.18. The lowest BCUT2D eigenvalue weighted by Crippen LogP contribution is -2.38. The summed E-state index contributed by atoms with van der Waals surface area (Å²) in [5.41, 5.74) is 3.36. The molecule has 27 heavy (non-hydrogen) atoms. The van der Waals surface area contributed by atoms with Crippen LogP contribution in [0.15, 0.2) is 53.7 Å². The molecule has 0 spiro atoms. The molecular formula is C21H26N4O2. The minimum absolute atomic E-state index is 0.127. The molecule has 0 saturated heterocycles. The summed E-state index contributed by atoms with van der Waals surface area (Å²) >= 11 is 0. The number of hydrogen-bond acceptors (Lipinski definition) is 3. The minimum atomic E-state index is 0.127. The van der Waals surface area contributed by atoms with Gasteiger partial charge in [0, 0.05) is 30.2 Å². The molecule has 6 nitrogen and oxygen atoms in total. The first-order chi connectivity index (χ1) is 13.2. The van der Waals surface area contributed by atoms with E-state index in [-0.39, 0.29) is 5.75 Å². The van der Waals surface area contributed by atoms with Crippen molar-refractivity contribution in [1.29, 1.82) is 0 Å². The number of para-hydroxylation sites is 1. The van der Waals surface area contributed by atoms with Crippen molar-refractivity contribution in [2.45, 2.75) is 19.9 Å². The summed E-state index contributed by atoms with van der Waals surface area (Å²) in [6.07, 6.45) is 2.97. The van der Waals surface area contributed by atoms with Crippen molar-refractivity contribution < 1.29 is 9.84 Å². The first kappa shape index (κ1) is 18.6. The number of methoxy groups -OCH3 is 1. The Bertz CT molecular complexity index is 917. The highest BCUT2D eigenvalue weighted by Crippen LogP contribution is 2.26. The second-order valence-corrected chi connectivity index (χ2v) is 6.24. The molecule has 1 heterocycles. The number of guanidine groups is 1. The highest BCUT2D eigenvalue weighted by molar-refractivity contribution is 5.83. The number of aromatic nitrogens is 1. The molecule has 0 aliphatic heterocycles. The maximum Gasteiger partial charge on any atom is 0.191 e. The fourth-order valence-corrected chi connectivity index (χ4v) is 3.00. The zero-order chi connectivity index (χ0) is 19.1. The van der Waals surface area contributed by atoms with E-state index in [2.05, 4.69) is 45.0 Å². The molecule has 6 heteroatoms. The van der Waals surface area contributed by atoms with Crippen molar-refractivity contribution in [3.05, 3.63) is 59.8 Å². The number of benzene rings is 2. The molecule has 3 aromatic rings. The molecular weight excluding hydrogens is 340 g/mol. The van der Waals surface area contributed by atoms with Gasteiger partial charge in [0.05, 0.1) is 13.7 Å². The summed E-state index contributed by atoms with van der Waals surface area (Å²) in [4.78, 5) is 7.90. The lowest BCUT2D eigenvalue weighted by atomic mass is 10.1. The molecule has 4 N–H and O–H groups in total. The number of rotatable bonds is 7. The van der Waals surface area contributed by atoms with Gasteiger partial charge in [0.25, 0.3) is 0 Å². The molecule has 0 aliphatic rings. The number of nitrogens with zero attached hydrogens (tertiary/aromatic N) is 1. The standard InChI is InChI=1S/C21H26N4O2/c1-3-22-21(25-13-15-8-9-20(27-2)19(26)12-15)23-11-10-16-14-24-18-7-5-4-6-17(16)18/h4-9,12,14,24,26H,3,10-11,13H2,1-2H3,(H2,22,23,25). The highest BCUT2D eigenvalue weighted by atomic mass is 16.5. The maximum atomic E-state index is 9.89. The smallest absolute Gasteiger partial charge is 0.191 e. The Morgan fingerprint density at radius 2 is 2.04 bits per heavy atom. The van der Waals surface area contributed by atoms with Crippen molar-refractivity contribution in [2.24, 2.45) is 4.99 Å². The highest BCUT2D eigenvalue weighted by Gasteiger charge is 2.05. The van der Waals surface area contributed by atoms with Gasteiger partial charge in [-0.25, -0.2) is 4.99 Å². The van der Waals surface area contributed by atoms with Crippen LogP contribution in [-0.4, -0.2) is 36.2 Å². The molecule has 2 aromatic carbocycles. The number of H-pyrrole nitrogens is 1. The topological polar surface area (TPSA) is 81.7 Å². The number of hydrogen-bond donors (Lipinski definition) is 4. The zero-order valence-corrected chi connectivity index (χ0v) is 15.7. The summed E-state index contributed by atoms with van der Waals surface area (Å²) in [6, 6.07) is 13.6. The lowest BCUT2D eigenvalue weighted by Gasteiger charge is -2.11. The molecule has 0 saturated carbocycles. The van der Waals surface area contributed by atoms with Gasteiger partial charge in [-0.1, -0.05) is 24.3 Å². The molecule has 0 aliphatic carbocycles. The summed E-state index contributed by atoms with van der Waals surface area (Å²) in [5, 5.41) is 17.8. The molecule has 3 rings (SSSR count). The number of aromatic amines is 1. The van der Waals surface area contributed by atoms with Crippen LogP contribution >= 0.6 is 0 Å². The average Bonchev–Trinajstić information content (AvgIpc) is 3.09. The van der Waals surface area contributed by atoms with Crippen LogP contribution in [0, 0.1) is 0 Å². The SMILES string of the molecule is CCNC(=NCc1ccc(OC)c(O)c1)NCCc1c[nH]c2ccccc12. The first-order valence-electron chi connectivity index (χ1n) is 9.14. The van der Waals surface area contributed by atoms with Gasteiger partial charge in [-0.15, -0.1) is 0 Å². The van der Waals surface area contributed by atoms with E-state index in [1.165, 1.54) is 18.1 Å². The number of aromatic hydroxyl groups is 1. The van der Waals surface area contributed by atoms with Crippen LogP contribution in [0.25, 0.3) is 10.9 Å². The molecule has 0 radical (unpaired) electrons. The lowest BCUT2D eigenvalue weighted by molar-refractivity contribution is 0.373. The monoisotopic (exact) mass is 366 g/mol. The van der Waals surface area contributed by atoms with Crippen molar-refractivity contribution in [3.63, 3.8) is 0 Å². The van der Waals surface area contributed by atoms with Gasteiger partial charge < -0.3 is 25.5 Å². The average molecular weight is 366 g/mol. The van der Waals surface area contributed by atoms with Crippen molar-refractivity contribution in [3.8, 4) is 11.5 Å². The number of nitrogens with one attached hydrogen (secondary N) is 3. The Hall–Kier alpha value is -3.15. The van der Waals surface area contributed by atoms with Crippen LogP contribution in [-0.2, 0) is 13.0 Å². The molecule has 142 valence electrons. The summed E-state index contributed by atoms with van der Waals surface area (Å²) in [5.74, 6) is 1.35. The Morgan fingerprint density at radius 1 is 1.19 bits per heavy atom. The number of phenols is 1. The van der Waals surface area contributed by atoms with Gasteiger partial charge in [-0.3, -0.25) is 0 Å². The van der Waals surface area contributed by atoms with Gasteiger partial charge in [0.15, 0.2) is 17.5 Å². The van der Waals surface area contributed by atoms with Gasteiger partial charge in [-0.05, 0) is 42.7 Å². The summed E-state index contributed by atoms with van der Waals surface area (Å²) < 4.78 is 5.07. The van der Waals surface area contributed by atoms with Crippen LogP contribution in [0.4, 0.5) is 0 Å². The van der Waals surface area contributed by atoms with E-state index >= 15 is 0 Å².